The fourth-order valence-electron chi connectivity index (χ4n) is 3.43. The van der Waals surface area contributed by atoms with Gasteiger partial charge in [-0.05, 0) is 49.8 Å². The molecule has 2 N–H and O–H groups in total. The van der Waals surface area contributed by atoms with Gasteiger partial charge >= 0.3 is 0 Å². The highest BCUT2D eigenvalue weighted by atomic mass is 15.2. The van der Waals surface area contributed by atoms with Crippen molar-refractivity contribution in [2.24, 2.45) is 11.7 Å². The summed E-state index contributed by atoms with van der Waals surface area (Å²) in [5.41, 5.74) is 9.01. The van der Waals surface area contributed by atoms with Gasteiger partial charge in [0.05, 0.1) is 0 Å². The third-order valence-corrected chi connectivity index (χ3v) is 4.84. The Kier molecular flexibility index (Phi) is 5.00. The lowest BCUT2D eigenvalue weighted by Gasteiger charge is -2.43. The van der Waals surface area contributed by atoms with Crippen molar-refractivity contribution in [1.29, 1.82) is 0 Å². The summed E-state index contributed by atoms with van der Waals surface area (Å²) < 4.78 is 0. The normalized spacial score (nSPS) is 26.3. The van der Waals surface area contributed by atoms with Gasteiger partial charge in [-0.2, -0.15) is 0 Å². The molecular formula is C17H28N2. The standard InChI is InChI=1S/C17H28N2/c1-4-15-9-5-6-10-16(15)17(12-18)19-11-7-8-13(2)14(19)3/h5-6,9-10,13-14,17H,4,7-8,11-12,18H2,1-3H3. The Labute approximate surface area is 118 Å². The molecule has 1 saturated heterocycles. The monoisotopic (exact) mass is 260 g/mol. The minimum Gasteiger partial charge on any atom is -0.329 e. The molecule has 0 bridgehead atoms. The molecule has 106 valence electrons. The van der Waals surface area contributed by atoms with Gasteiger partial charge in [-0.15, -0.1) is 0 Å². The molecule has 0 aliphatic carbocycles. The van der Waals surface area contributed by atoms with Crippen LogP contribution in [0.15, 0.2) is 24.3 Å². The maximum Gasteiger partial charge on any atom is 0.0476 e. The average molecular weight is 260 g/mol. The predicted molar refractivity (Wildman–Crippen MR) is 82.2 cm³/mol. The summed E-state index contributed by atoms with van der Waals surface area (Å²) in [7, 11) is 0. The van der Waals surface area contributed by atoms with E-state index < -0.39 is 0 Å². The average Bonchev–Trinajstić information content (AvgIpc) is 2.45. The lowest BCUT2D eigenvalue weighted by Crippen LogP contribution is -2.46. The second-order valence-corrected chi connectivity index (χ2v) is 5.90. The third-order valence-electron chi connectivity index (χ3n) is 4.84. The number of hydrogen-bond acceptors (Lipinski definition) is 2. The Morgan fingerprint density at radius 1 is 1.32 bits per heavy atom. The molecule has 0 amide bonds. The number of aryl methyl sites for hydroxylation is 1. The summed E-state index contributed by atoms with van der Waals surface area (Å²) >= 11 is 0. The quantitative estimate of drug-likeness (QED) is 0.899. The van der Waals surface area contributed by atoms with Crippen molar-refractivity contribution < 1.29 is 0 Å². The van der Waals surface area contributed by atoms with Crippen LogP contribution in [0.2, 0.25) is 0 Å². The van der Waals surface area contributed by atoms with Crippen molar-refractivity contribution in [1.82, 2.24) is 4.90 Å². The van der Waals surface area contributed by atoms with E-state index in [9.17, 15) is 0 Å². The second-order valence-electron chi connectivity index (χ2n) is 5.90. The van der Waals surface area contributed by atoms with Crippen molar-refractivity contribution in [2.75, 3.05) is 13.1 Å². The highest BCUT2D eigenvalue weighted by Crippen LogP contribution is 2.32. The molecular weight excluding hydrogens is 232 g/mol. The van der Waals surface area contributed by atoms with Gasteiger partial charge in [-0.3, -0.25) is 4.90 Å². The first-order chi connectivity index (χ1) is 9.19. The van der Waals surface area contributed by atoms with E-state index in [-0.39, 0.29) is 0 Å². The van der Waals surface area contributed by atoms with E-state index in [1.807, 2.05) is 0 Å². The maximum absolute atomic E-state index is 6.13. The molecule has 1 aromatic carbocycles. The minimum absolute atomic E-state index is 0.383. The first kappa shape index (κ1) is 14.5. The molecule has 0 spiro atoms. The van der Waals surface area contributed by atoms with E-state index >= 15 is 0 Å². The first-order valence-corrected chi connectivity index (χ1v) is 7.72. The number of benzene rings is 1. The van der Waals surface area contributed by atoms with Gasteiger partial charge < -0.3 is 5.73 Å². The summed E-state index contributed by atoms with van der Waals surface area (Å²) in [6, 6.07) is 9.81. The zero-order chi connectivity index (χ0) is 13.8. The summed E-state index contributed by atoms with van der Waals surface area (Å²) in [5, 5.41) is 0. The van der Waals surface area contributed by atoms with Crippen LogP contribution in [-0.2, 0) is 6.42 Å². The predicted octanol–water partition coefficient (Wildman–Crippen LogP) is 3.37. The van der Waals surface area contributed by atoms with Crippen molar-refractivity contribution in [3.05, 3.63) is 35.4 Å². The van der Waals surface area contributed by atoms with E-state index in [2.05, 4.69) is 49.9 Å². The van der Waals surface area contributed by atoms with Gasteiger partial charge in [0.15, 0.2) is 0 Å². The summed E-state index contributed by atoms with van der Waals surface area (Å²) in [5.74, 6) is 0.775. The molecule has 1 aliphatic heterocycles. The minimum atomic E-state index is 0.383. The number of piperidine rings is 1. The smallest absolute Gasteiger partial charge is 0.0476 e. The van der Waals surface area contributed by atoms with Crippen molar-refractivity contribution in [3.8, 4) is 0 Å². The molecule has 2 rings (SSSR count). The van der Waals surface area contributed by atoms with E-state index in [0.717, 1.165) is 12.3 Å². The number of hydrogen-bond donors (Lipinski definition) is 1. The van der Waals surface area contributed by atoms with Gasteiger partial charge in [0.2, 0.25) is 0 Å². The van der Waals surface area contributed by atoms with Crippen LogP contribution >= 0.6 is 0 Å². The molecule has 19 heavy (non-hydrogen) atoms. The van der Waals surface area contributed by atoms with Crippen LogP contribution in [0.5, 0.6) is 0 Å². The van der Waals surface area contributed by atoms with Crippen LogP contribution in [0.3, 0.4) is 0 Å². The Hall–Kier alpha value is -0.860. The van der Waals surface area contributed by atoms with Gasteiger partial charge in [0, 0.05) is 18.6 Å². The molecule has 3 atom stereocenters. The van der Waals surface area contributed by atoms with Crippen molar-refractivity contribution in [3.63, 3.8) is 0 Å². The molecule has 0 aromatic heterocycles. The van der Waals surface area contributed by atoms with Gasteiger partial charge in [-0.1, -0.05) is 38.1 Å². The fourth-order valence-corrected chi connectivity index (χ4v) is 3.43. The molecule has 0 radical (unpaired) electrons. The number of nitrogens with two attached hydrogens (primary N) is 1. The fraction of sp³-hybridized carbons (Fsp3) is 0.647. The third kappa shape index (κ3) is 3.01. The SMILES string of the molecule is CCc1ccccc1C(CN)N1CCCC(C)C1C. The van der Waals surface area contributed by atoms with Crippen molar-refractivity contribution >= 4 is 0 Å². The van der Waals surface area contributed by atoms with Crippen LogP contribution in [0.4, 0.5) is 0 Å². The van der Waals surface area contributed by atoms with E-state index in [1.165, 1.54) is 30.5 Å². The molecule has 1 heterocycles. The zero-order valence-electron chi connectivity index (χ0n) is 12.6. The number of rotatable bonds is 4. The van der Waals surface area contributed by atoms with E-state index in [1.54, 1.807) is 0 Å². The summed E-state index contributed by atoms with van der Waals surface area (Å²) in [6.07, 6.45) is 3.74. The molecule has 1 fully saturated rings. The Bertz CT molecular complexity index is 402. The molecule has 1 aliphatic rings. The largest absolute Gasteiger partial charge is 0.329 e. The van der Waals surface area contributed by atoms with Crippen LogP contribution < -0.4 is 5.73 Å². The second kappa shape index (κ2) is 6.53. The molecule has 3 unspecified atom stereocenters. The maximum atomic E-state index is 6.13. The summed E-state index contributed by atoms with van der Waals surface area (Å²) in [4.78, 5) is 2.63. The lowest BCUT2D eigenvalue weighted by molar-refractivity contribution is 0.0706. The Morgan fingerprint density at radius 3 is 2.74 bits per heavy atom. The number of likely N-dealkylation sites (tertiary alicyclic amines) is 1. The summed E-state index contributed by atoms with van der Waals surface area (Å²) in [6.45, 7) is 8.87. The van der Waals surface area contributed by atoms with Crippen LogP contribution in [0.25, 0.3) is 0 Å². The highest BCUT2D eigenvalue weighted by molar-refractivity contribution is 5.30. The lowest BCUT2D eigenvalue weighted by atomic mass is 9.88. The molecule has 0 saturated carbocycles. The Morgan fingerprint density at radius 2 is 2.05 bits per heavy atom. The van der Waals surface area contributed by atoms with Crippen molar-refractivity contribution in [2.45, 2.75) is 52.1 Å². The topological polar surface area (TPSA) is 29.3 Å². The highest BCUT2D eigenvalue weighted by Gasteiger charge is 2.30. The van der Waals surface area contributed by atoms with E-state index in [4.69, 9.17) is 5.73 Å². The molecule has 2 nitrogen and oxygen atoms in total. The van der Waals surface area contributed by atoms with Crippen LogP contribution in [-0.4, -0.2) is 24.0 Å². The van der Waals surface area contributed by atoms with Gasteiger partial charge in [0.25, 0.3) is 0 Å². The van der Waals surface area contributed by atoms with E-state index in [0.29, 0.717) is 18.6 Å². The Balaban J connectivity index is 2.28. The van der Waals surface area contributed by atoms with Gasteiger partial charge in [-0.25, -0.2) is 0 Å². The number of nitrogens with zero attached hydrogens (tertiary/aromatic N) is 1. The van der Waals surface area contributed by atoms with Gasteiger partial charge in [0.1, 0.15) is 0 Å². The first-order valence-electron chi connectivity index (χ1n) is 7.72. The zero-order valence-corrected chi connectivity index (χ0v) is 12.6. The molecule has 2 heteroatoms. The van der Waals surface area contributed by atoms with Crippen LogP contribution in [0, 0.1) is 5.92 Å². The molecule has 1 aromatic rings. The van der Waals surface area contributed by atoms with Crippen LogP contribution in [0.1, 0.15) is 50.8 Å².